The van der Waals surface area contributed by atoms with Gasteiger partial charge in [-0.3, -0.25) is 0 Å². The summed E-state index contributed by atoms with van der Waals surface area (Å²) in [6, 6.07) is 0. The largest absolute Gasteiger partial charge is 0.449 e. The molecule has 0 saturated heterocycles. The molecule has 0 aliphatic heterocycles. The van der Waals surface area contributed by atoms with E-state index in [1.807, 2.05) is 4.90 Å². The van der Waals surface area contributed by atoms with Gasteiger partial charge in [-0.2, -0.15) is 0 Å². The molecule has 0 bridgehead atoms. The number of carbonyl (C=O) groups excluding carboxylic acids is 1. The quantitative estimate of drug-likeness (QED) is 0.468. The van der Waals surface area contributed by atoms with Crippen molar-refractivity contribution in [3.8, 4) is 0 Å². The molecule has 1 amide bonds. The van der Waals surface area contributed by atoms with Crippen LogP contribution >= 0.6 is 0 Å². The monoisotopic (exact) mass is 271 g/mol. The van der Waals surface area contributed by atoms with E-state index in [1.54, 1.807) is 0 Å². The standard InChI is InChI=1S/C16H33NO2/c1-4-7-10-11-12-15-19-16(18)17(13-8-5-2)14-9-6-3/h4-15H2,1-3H3. The lowest BCUT2D eigenvalue weighted by atomic mass is 10.2. The number of hydrogen-bond acceptors (Lipinski definition) is 2. The maximum atomic E-state index is 11.9. The number of hydrogen-bond donors (Lipinski definition) is 0. The lowest BCUT2D eigenvalue weighted by Gasteiger charge is -2.21. The number of amides is 1. The van der Waals surface area contributed by atoms with Gasteiger partial charge in [-0.25, -0.2) is 4.79 Å². The SMILES string of the molecule is CCCCCCCOC(=O)N(CCCC)CCCC. The molecule has 0 aliphatic rings. The van der Waals surface area contributed by atoms with E-state index in [-0.39, 0.29) is 6.09 Å². The van der Waals surface area contributed by atoms with Crippen molar-refractivity contribution in [3.05, 3.63) is 0 Å². The van der Waals surface area contributed by atoms with Crippen molar-refractivity contribution in [2.75, 3.05) is 19.7 Å². The Morgan fingerprint density at radius 3 is 1.84 bits per heavy atom. The smallest absolute Gasteiger partial charge is 0.409 e. The first-order valence-corrected chi connectivity index (χ1v) is 8.17. The summed E-state index contributed by atoms with van der Waals surface area (Å²) in [4.78, 5) is 13.8. The lowest BCUT2D eigenvalue weighted by molar-refractivity contribution is 0.0994. The predicted molar refractivity (Wildman–Crippen MR) is 81.5 cm³/mol. The van der Waals surface area contributed by atoms with Crippen LogP contribution in [0.5, 0.6) is 0 Å². The van der Waals surface area contributed by atoms with Crippen LogP contribution in [0.4, 0.5) is 4.79 Å². The molecule has 0 unspecified atom stereocenters. The first kappa shape index (κ1) is 18.3. The summed E-state index contributed by atoms with van der Waals surface area (Å²) in [6.07, 6.45) is 10.2. The van der Waals surface area contributed by atoms with Crippen LogP contribution in [0.1, 0.15) is 78.6 Å². The Kier molecular flexibility index (Phi) is 13.2. The molecule has 0 atom stereocenters. The molecule has 0 aromatic carbocycles. The molecule has 114 valence electrons. The van der Waals surface area contributed by atoms with E-state index in [1.165, 1.54) is 25.7 Å². The third-order valence-electron chi connectivity index (χ3n) is 3.29. The van der Waals surface area contributed by atoms with Gasteiger partial charge in [0.15, 0.2) is 0 Å². The van der Waals surface area contributed by atoms with Gasteiger partial charge in [0.05, 0.1) is 6.61 Å². The van der Waals surface area contributed by atoms with E-state index < -0.39 is 0 Å². The van der Waals surface area contributed by atoms with Gasteiger partial charge in [0.1, 0.15) is 0 Å². The summed E-state index contributed by atoms with van der Waals surface area (Å²) in [7, 11) is 0. The summed E-state index contributed by atoms with van der Waals surface area (Å²) in [5.74, 6) is 0. The molecule has 0 fully saturated rings. The highest BCUT2D eigenvalue weighted by atomic mass is 16.6. The molecule has 19 heavy (non-hydrogen) atoms. The van der Waals surface area contributed by atoms with Crippen LogP contribution in [0.3, 0.4) is 0 Å². The number of unbranched alkanes of at least 4 members (excludes halogenated alkanes) is 6. The van der Waals surface area contributed by atoms with Crippen LogP contribution in [0.25, 0.3) is 0 Å². The van der Waals surface area contributed by atoms with Crippen LogP contribution < -0.4 is 0 Å². The Labute approximate surface area is 119 Å². The van der Waals surface area contributed by atoms with Crippen LogP contribution in [-0.4, -0.2) is 30.7 Å². The minimum atomic E-state index is -0.114. The predicted octanol–water partition coefficient (Wildman–Crippen LogP) is 5.00. The Balaban J connectivity index is 3.76. The Morgan fingerprint density at radius 1 is 0.789 bits per heavy atom. The second kappa shape index (κ2) is 13.7. The van der Waals surface area contributed by atoms with Crippen LogP contribution in [0.2, 0.25) is 0 Å². The van der Waals surface area contributed by atoms with E-state index >= 15 is 0 Å². The van der Waals surface area contributed by atoms with E-state index in [4.69, 9.17) is 4.74 Å². The summed E-state index contributed by atoms with van der Waals surface area (Å²) in [5, 5.41) is 0. The molecule has 0 saturated carbocycles. The molecule has 0 N–H and O–H groups in total. The molecule has 3 nitrogen and oxygen atoms in total. The zero-order valence-electron chi connectivity index (χ0n) is 13.2. The Hall–Kier alpha value is -0.730. The van der Waals surface area contributed by atoms with Gasteiger partial charge in [-0.05, 0) is 19.3 Å². The van der Waals surface area contributed by atoms with Crippen LogP contribution in [0, 0.1) is 0 Å². The van der Waals surface area contributed by atoms with Crippen molar-refractivity contribution in [2.45, 2.75) is 78.6 Å². The molecule has 0 aromatic rings. The summed E-state index contributed by atoms with van der Waals surface area (Å²) in [5.41, 5.74) is 0. The number of carbonyl (C=O) groups is 1. The van der Waals surface area contributed by atoms with Gasteiger partial charge < -0.3 is 9.64 Å². The zero-order valence-corrected chi connectivity index (χ0v) is 13.2. The zero-order chi connectivity index (χ0) is 14.3. The third kappa shape index (κ3) is 10.8. The highest BCUT2D eigenvalue weighted by molar-refractivity contribution is 5.67. The summed E-state index contributed by atoms with van der Waals surface area (Å²) in [6.45, 7) is 8.77. The third-order valence-corrected chi connectivity index (χ3v) is 3.29. The van der Waals surface area contributed by atoms with Crippen molar-refractivity contribution in [3.63, 3.8) is 0 Å². The first-order chi connectivity index (χ1) is 9.26. The second-order valence-corrected chi connectivity index (χ2v) is 5.22. The Morgan fingerprint density at radius 2 is 1.32 bits per heavy atom. The van der Waals surface area contributed by atoms with Crippen molar-refractivity contribution >= 4 is 6.09 Å². The molecule has 0 aliphatic carbocycles. The molecule has 0 rings (SSSR count). The fourth-order valence-electron chi connectivity index (χ4n) is 1.95. The van der Waals surface area contributed by atoms with Crippen molar-refractivity contribution in [1.29, 1.82) is 0 Å². The van der Waals surface area contributed by atoms with E-state index in [0.717, 1.165) is 45.2 Å². The summed E-state index contributed by atoms with van der Waals surface area (Å²) < 4.78 is 5.37. The molecule has 0 aromatic heterocycles. The molecular weight excluding hydrogens is 238 g/mol. The second-order valence-electron chi connectivity index (χ2n) is 5.22. The summed E-state index contributed by atoms with van der Waals surface area (Å²) >= 11 is 0. The van der Waals surface area contributed by atoms with Crippen LogP contribution in [-0.2, 0) is 4.74 Å². The average Bonchev–Trinajstić information content (AvgIpc) is 2.42. The van der Waals surface area contributed by atoms with Crippen molar-refractivity contribution in [1.82, 2.24) is 4.90 Å². The van der Waals surface area contributed by atoms with Gasteiger partial charge >= 0.3 is 6.09 Å². The van der Waals surface area contributed by atoms with E-state index in [2.05, 4.69) is 20.8 Å². The fraction of sp³-hybridized carbons (Fsp3) is 0.938. The molecule has 3 heteroatoms. The lowest BCUT2D eigenvalue weighted by Crippen LogP contribution is -2.33. The van der Waals surface area contributed by atoms with E-state index in [9.17, 15) is 4.79 Å². The van der Waals surface area contributed by atoms with Gasteiger partial charge in [0.2, 0.25) is 0 Å². The normalized spacial score (nSPS) is 10.5. The molecular formula is C16H33NO2. The topological polar surface area (TPSA) is 29.5 Å². The Bertz CT molecular complexity index is 199. The minimum Gasteiger partial charge on any atom is -0.449 e. The van der Waals surface area contributed by atoms with Crippen molar-refractivity contribution in [2.24, 2.45) is 0 Å². The van der Waals surface area contributed by atoms with Gasteiger partial charge in [0, 0.05) is 13.1 Å². The maximum absolute atomic E-state index is 11.9. The average molecular weight is 271 g/mol. The number of nitrogens with zero attached hydrogens (tertiary/aromatic N) is 1. The molecule has 0 spiro atoms. The van der Waals surface area contributed by atoms with Gasteiger partial charge in [-0.1, -0.05) is 59.3 Å². The molecule has 0 radical (unpaired) electrons. The highest BCUT2D eigenvalue weighted by Gasteiger charge is 2.13. The highest BCUT2D eigenvalue weighted by Crippen LogP contribution is 2.05. The minimum absolute atomic E-state index is 0.114. The number of rotatable bonds is 12. The van der Waals surface area contributed by atoms with Gasteiger partial charge in [0.25, 0.3) is 0 Å². The maximum Gasteiger partial charge on any atom is 0.409 e. The number of ether oxygens (including phenoxy) is 1. The van der Waals surface area contributed by atoms with E-state index in [0.29, 0.717) is 6.61 Å². The van der Waals surface area contributed by atoms with Crippen LogP contribution in [0.15, 0.2) is 0 Å². The fourth-order valence-corrected chi connectivity index (χ4v) is 1.95. The molecule has 0 heterocycles. The van der Waals surface area contributed by atoms with Gasteiger partial charge in [-0.15, -0.1) is 0 Å². The first-order valence-electron chi connectivity index (χ1n) is 8.17. The van der Waals surface area contributed by atoms with Crippen molar-refractivity contribution < 1.29 is 9.53 Å².